The van der Waals surface area contributed by atoms with Crippen LogP contribution in [0.5, 0.6) is 0 Å². The molecule has 2 aliphatic heterocycles. The molecule has 188 valence electrons. The van der Waals surface area contributed by atoms with Gasteiger partial charge in [-0.05, 0) is 32.5 Å². The summed E-state index contributed by atoms with van der Waals surface area (Å²) < 4.78 is 58.2. The van der Waals surface area contributed by atoms with Crippen molar-refractivity contribution in [3.8, 4) is 0 Å². The van der Waals surface area contributed by atoms with Crippen LogP contribution in [0.2, 0.25) is 0 Å². The first-order valence-corrected chi connectivity index (χ1v) is 11.4. The first-order chi connectivity index (χ1) is 16.7. The van der Waals surface area contributed by atoms with Crippen molar-refractivity contribution in [3.05, 3.63) is 63.1 Å². The molecule has 35 heavy (non-hydrogen) atoms. The number of nitrogens with one attached hydrogen (secondary N) is 3. The molecular weight excluding hydrogens is 466 g/mol. The lowest BCUT2D eigenvalue weighted by atomic mass is 9.98. The number of halogens is 4. The maximum Gasteiger partial charge on any atom is 0.264 e. The topological polar surface area (TPSA) is 80.5 Å². The molecule has 1 fully saturated rings. The Morgan fingerprint density at radius 1 is 1.23 bits per heavy atom. The van der Waals surface area contributed by atoms with Crippen molar-refractivity contribution in [3.63, 3.8) is 0 Å². The van der Waals surface area contributed by atoms with E-state index in [0.29, 0.717) is 44.2 Å². The molecule has 1 aromatic heterocycles. The number of H-pyrrole nitrogens is 1. The molecule has 1 aromatic carbocycles. The Labute approximate surface area is 199 Å². The van der Waals surface area contributed by atoms with E-state index < -0.39 is 40.7 Å². The van der Waals surface area contributed by atoms with E-state index in [1.165, 1.54) is 6.07 Å². The maximum absolute atomic E-state index is 15.9. The van der Waals surface area contributed by atoms with E-state index in [4.69, 9.17) is 0 Å². The zero-order valence-corrected chi connectivity index (χ0v) is 19.4. The Morgan fingerprint density at radius 2 is 2.00 bits per heavy atom. The molecule has 2 aromatic rings. The SMILES string of the molecule is C[C@H]1CN(c2cc(F)c(C3=CCCNC3)c(F)c2NC(=O)c2c[nH]c(=O)cc2C(F)F)CCN1C. The summed E-state index contributed by atoms with van der Waals surface area (Å²) in [4.78, 5) is 30.6. The number of anilines is 2. The van der Waals surface area contributed by atoms with E-state index in [2.05, 4.69) is 20.5 Å². The Kier molecular flexibility index (Phi) is 7.27. The van der Waals surface area contributed by atoms with Gasteiger partial charge < -0.3 is 25.4 Å². The molecule has 0 radical (unpaired) electrons. The van der Waals surface area contributed by atoms with Crippen LogP contribution in [-0.2, 0) is 0 Å². The van der Waals surface area contributed by atoms with Crippen LogP contribution >= 0.6 is 0 Å². The number of nitrogens with zero attached hydrogens (tertiary/aromatic N) is 2. The molecular formula is C24H27F4N5O2. The zero-order chi connectivity index (χ0) is 25.3. The van der Waals surface area contributed by atoms with Gasteiger partial charge >= 0.3 is 0 Å². The third-order valence-electron chi connectivity index (χ3n) is 6.52. The summed E-state index contributed by atoms with van der Waals surface area (Å²) >= 11 is 0. The number of rotatable bonds is 5. The van der Waals surface area contributed by atoms with Crippen LogP contribution < -0.4 is 21.1 Å². The molecule has 0 saturated carbocycles. The number of hydrogen-bond donors (Lipinski definition) is 3. The van der Waals surface area contributed by atoms with Crippen LogP contribution in [0.3, 0.4) is 0 Å². The van der Waals surface area contributed by atoms with Crippen molar-refractivity contribution >= 4 is 22.9 Å². The minimum Gasteiger partial charge on any atom is -0.367 e. The van der Waals surface area contributed by atoms with Crippen molar-refractivity contribution in [2.75, 3.05) is 50.0 Å². The molecule has 3 heterocycles. The molecule has 1 atom stereocenters. The monoisotopic (exact) mass is 493 g/mol. The summed E-state index contributed by atoms with van der Waals surface area (Å²) in [6, 6.07) is 1.89. The van der Waals surface area contributed by atoms with E-state index >= 15 is 8.78 Å². The van der Waals surface area contributed by atoms with Crippen LogP contribution in [-0.4, -0.2) is 61.6 Å². The smallest absolute Gasteiger partial charge is 0.264 e. The van der Waals surface area contributed by atoms with Crippen LogP contribution in [0.25, 0.3) is 5.57 Å². The Hall–Kier alpha value is -3.18. The molecule has 11 heteroatoms. The van der Waals surface area contributed by atoms with Crippen molar-refractivity contribution < 1.29 is 22.4 Å². The van der Waals surface area contributed by atoms with Gasteiger partial charge in [0.2, 0.25) is 5.56 Å². The van der Waals surface area contributed by atoms with Gasteiger partial charge in [0, 0.05) is 56.1 Å². The number of likely N-dealkylation sites (N-methyl/N-ethyl adjacent to an activating group) is 1. The van der Waals surface area contributed by atoms with Crippen molar-refractivity contribution in [1.82, 2.24) is 15.2 Å². The number of hydrogen-bond acceptors (Lipinski definition) is 5. The number of carbonyl (C=O) groups excluding carboxylic acids is 1. The largest absolute Gasteiger partial charge is 0.367 e. The van der Waals surface area contributed by atoms with Gasteiger partial charge in [-0.2, -0.15) is 0 Å². The van der Waals surface area contributed by atoms with Crippen LogP contribution in [0.4, 0.5) is 28.9 Å². The number of alkyl halides is 2. The van der Waals surface area contributed by atoms with E-state index in [1.54, 1.807) is 11.0 Å². The molecule has 1 amide bonds. The zero-order valence-electron chi connectivity index (χ0n) is 19.4. The first kappa shape index (κ1) is 24.9. The normalized spacial score (nSPS) is 19.1. The van der Waals surface area contributed by atoms with Crippen LogP contribution in [0.1, 0.15) is 41.3 Å². The quantitative estimate of drug-likeness (QED) is 0.557. The lowest BCUT2D eigenvalue weighted by molar-refractivity contribution is 0.101. The van der Waals surface area contributed by atoms with E-state index in [0.717, 1.165) is 6.20 Å². The van der Waals surface area contributed by atoms with Gasteiger partial charge in [0.25, 0.3) is 12.3 Å². The minimum atomic E-state index is -3.09. The molecule has 0 bridgehead atoms. The summed E-state index contributed by atoms with van der Waals surface area (Å²) in [5, 5.41) is 5.47. The van der Waals surface area contributed by atoms with E-state index in [1.807, 2.05) is 14.0 Å². The third kappa shape index (κ3) is 5.10. The second kappa shape index (κ2) is 10.2. The molecule has 7 nitrogen and oxygen atoms in total. The Morgan fingerprint density at radius 3 is 2.66 bits per heavy atom. The fourth-order valence-electron chi connectivity index (χ4n) is 4.42. The summed E-state index contributed by atoms with van der Waals surface area (Å²) in [6.07, 6.45) is 0.0936. The van der Waals surface area contributed by atoms with Gasteiger partial charge in [0.05, 0.1) is 16.8 Å². The number of benzene rings is 1. The predicted molar refractivity (Wildman–Crippen MR) is 126 cm³/mol. The minimum absolute atomic E-state index is 0.0768. The van der Waals surface area contributed by atoms with Crippen LogP contribution in [0.15, 0.2) is 29.2 Å². The van der Waals surface area contributed by atoms with Gasteiger partial charge in [-0.3, -0.25) is 9.59 Å². The lowest BCUT2D eigenvalue weighted by Gasteiger charge is -2.40. The molecule has 2 aliphatic rings. The maximum atomic E-state index is 15.9. The van der Waals surface area contributed by atoms with E-state index in [-0.39, 0.29) is 29.5 Å². The number of pyridine rings is 1. The van der Waals surface area contributed by atoms with Crippen molar-refractivity contribution in [2.24, 2.45) is 0 Å². The fourth-order valence-corrected chi connectivity index (χ4v) is 4.42. The van der Waals surface area contributed by atoms with Gasteiger partial charge in [-0.1, -0.05) is 6.08 Å². The number of piperazine rings is 1. The van der Waals surface area contributed by atoms with Gasteiger partial charge in [0.15, 0.2) is 5.82 Å². The Balaban J connectivity index is 1.81. The highest BCUT2D eigenvalue weighted by Gasteiger charge is 2.30. The summed E-state index contributed by atoms with van der Waals surface area (Å²) in [5.74, 6) is -2.78. The fraction of sp³-hybridized carbons (Fsp3) is 0.417. The second-order valence-electron chi connectivity index (χ2n) is 8.83. The van der Waals surface area contributed by atoms with E-state index in [9.17, 15) is 18.4 Å². The molecule has 0 spiro atoms. The van der Waals surface area contributed by atoms with Crippen molar-refractivity contribution in [2.45, 2.75) is 25.8 Å². The molecule has 1 saturated heterocycles. The summed E-state index contributed by atoms with van der Waals surface area (Å²) in [7, 11) is 1.94. The number of aromatic nitrogens is 1. The Bertz CT molecular complexity index is 1210. The molecule has 0 aliphatic carbocycles. The number of amides is 1. The number of carbonyl (C=O) groups is 1. The summed E-state index contributed by atoms with van der Waals surface area (Å²) in [5.41, 5.74) is -2.09. The highest BCUT2D eigenvalue weighted by atomic mass is 19.3. The predicted octanol–water partition coefficient (Wildman–Crippen LogP) is 3.36. The average molecular weight is 494 g/mol. The van der Waals surface area contributed by atoms with Gasteiger partial charge in [0.1, 0.15) is 11.5 Å². The number of aromatic amines is 1. The molecule has 0 unspecified atom stereocenters. The van der Waals surface area contributed by atoms with Gasteiger partial charge in [-0.25, -0.2) is 17.6 Å². The standard InChI is InChI=1S/C24H27F4N5O2/c1-13-12-33(7-6-32(13)2)18-9-17(25)20(14-4-3-5-29-10-14)21(26)22(18)31-24(35)16-11-30-19(34)8-15(16)23(27)28/h4,8-9,11,13,23,29H,3,5-7,10,12H2,1-2H3,(H,30,34)(H,31,35)/t13-/m0/s1. The molecule has 3 N–H and O–H groups in total. The highest BCUT2D eigenvalue weighted by Crippen LogP contribution is 2.38. The van der Waals surface area contributed by atoms with Crippen LogP contribution in [0, 0.1) is 11.6 Å². The first-order valence-electron chi connectivity index (χ1n) is 11.4. The summed E-state index contributed by atoms with van der Waals surface area (Å²) in [6.45, 7) is 4.43. The second-order valence-corrected chi connectivity index (χ2v) is 8.83. The molecule has 4 rings (SSSR count). The highest BCUT2D eigenvalue weighted by molar-refractivity contribution is 6.07. The third-order valence-corrected chi connectivity index (χ3v) is 6.52. The van der Waals surface area contributed by atoms with Gasteiger partial charge in [-0.15, -0.1) is 0 Å². The van der Waals surface area contributed by atoms with Crippen molar-refractivity contribution in [1.29, 1.82) is 0 Å². The lowest BCUT2D eigenvalue weighted by Crippen LogP contribution is -2.50. The average Bonchev–Trinajstić information content (AvgIpc) is 2.83.